The van der Waals surface area contributed by atoms with Crippen molar-refractivity contribution in [2.45, 2.75) is 0 Å². The van der Waals surface area contributed by atoms with E-state index in [9.17, 15) is 9.90 Å². The van der Waals surface area contributed by atoms with Crippen LogP contribution in [0.1, 0.15) is 0 Å². The van der Waals surface area contributed by atoms with E-state index in [1.54, 1.807) is 0 Å². The van der Waals surface area contributed by atoms with Gasteiger partial charge in [0.2, 0.25) is 0 Å². The van der Waals surface area contributed by atoms with Crippen LogP contribution < -0.4 is 0 Å². The highest BCUT2D eigenvalue weighted by Gasteiger charge is 1.84. The molecule has 0 aliphatic rings. The van der Waals surface area contributed by atoms with Gasteiger partial charge in [-0.1, -0.05) is 6.08 Å². The van der Waals surface area contributed by atoms with Crippen LogP contribution in [0, 0.1) is 0 Å². The predicted molar refractivity (Wildman–Crippen MR) is 25.6 cm³/mol. The van der Waals surface area contributed by atoms with Crippen LogP contribution in [0.2, 0.25) is 0 Å². The minimum absolute atomic E-state index is 0.216. The van der Waals surface area contributed by atoms with Crippen molar-refractivity contribution in [1.29, 1.82) is 0 Å². The normalized spacial score (nSPS) is 9.86. The standard InChI is InChI=1S/C4H4ClO2/c5-3-1-2-4(6)7/h1-2H,3H2. The first-order valence-corrected chi connectivity index (χ1v) is 2.24. The van der Waals surface area contributed by atoms with Gasteiger partial charge in [-0.25, -0.2) is 9.90 Å². The SMILES string of the molecule is [O]C(=O)C=CCCl. The smallest absolute Gasteiger partial charge is 0.242 e. The monoisotopic (exact) mass is 119 g/mol. The molecule has 0 rings (SSSR count). The maximum absolute atomic E-state index is 9.50. The highest BCUT2D eigenvalue weighted by Crippen LogP contribution is 1.76. The van der Waals surface area contributed by atoms with E-state index in [1.165, 1.54) is 6.08 Å². The zero-order valence-corrected chi connectivity index (χ0v) is 4.31. The van der Waals surface area contributed by atoms with Gasteiger partial charge < -0.3 is 0 Å². The van der Waals surface area contributed by atoms with Crippen LogP contribution >= 0.6 is 11.6 Å². The lowest BCUT2D eigenvalue weighted by Gasteiger charge is -1.68. The Balaban J connectivity index is 3.26. The van der Waals surface area contributed by atoms with Crippen LogP contribution in [-0.4, -0.2) is 11.8 Å². The summed E-state index contributed by atoms with van der Waals surface area (Å²) in [5.74, 6) is -0.991. The van der Waals surface area contributed by atoms with Crippen molar-refractivity contribution in [3.05, 3.63) is 12.2 Å². The average Bonchev–Trinajstić information content (AvgIpc) is 1.61. The molecule has 0 aromatic heterocycles. The fraction of sp³-hybridized carbons (Fsp3) is 0.250. The molecule has 1 radical (unpaired) electrons. The fourth-order valence-electron chi connectivity index (χ4n) is 0.141. The van der Waals surface area contributed by atoms with E-state index in [0.29, 0.717) is 0 Å². The lowest BCUT2D eigenvalue weighted by Crippen LogP contribution is -1.82. The molecule has 3 heteroatoms. The van der Waals surface area contributed by atoms with Crippen molar-refractivity contribution in [2.75, 3.05) is 5.88 Å². The number of halogens is 1. The zero-order chi connectivity index (χ0) is 5.70. The maximum atomic E-state index is 9.50. The number of allylic oxidation sites excluding steroid dienone is 1. The van der Waals surface area contributed by atoms with E-state index in [1.807, 2.05) is 0 Å². The van der Waals surface area contributed by atoms with Crippen LogP contribution in [0.25, 0.3) is 0 Å². The summed E-state index contributed by atoms with van der Waals surface area (Å²) < 4.78 is 0. The second kappa shape index (κ2) is 3.68. The minimum Gasteiger partial charge on any atom is -0.242 e. The van der Waals surface area contributed by atoms with Crippen LogP contribution in [0.4, 0.5) is 0 Å². The molecule has 0 heterocycles. The van der Waals surface area contributed by atoms with Gasteiger partial charge in [0, 0.05) is 12.0 Å². The van der Waals surface area contributed by atoms with Crippen molar-refractivity contribution in [3.63, 3.8) is 0 Å². The summed E-state index contributed by atoms with van der Waals surface area (Å²) in [7, 11) is 0. The topological polar surface area (TPSA) is 37.0 Å². The van der Waals surface area contributed by atoms with Crippen LogP contribution in [0.15, 0.2) is 12.2 Å². The molecule has 0 saturated heterocycles. The highest BCUT2D eigenvalue weighted by molar-refractivity contribution is 6.19. The Morgan fingerprint density at radius 3 is 2.43 bits per heavy atom. The van der Waals surface area contributed by atoms with E-state index in [-0.39, 0.29) is 5.88 Å². The van der Waals surface area contributed by atoms with E-state index in [4.69, 9.17) is 11.6 Å². The third-order valence-electron chi connectivity index (χ3n) is 0.343. The third-order valence-corrected chi connectivity index (χ3v) is 0.521. The van der Waals surface area contributed by atoms with E-state index >= 15 is 0 Å². The van der Waals surface area contributed by atoms with Gasteiger partial charge >= 0.3 is 5.97 Å². The largest absolute Gasteiger partial charge is 0.378 e. The van der Waals surface area contributed by atoms with Gasteiger partial charge in [0.05, 0.1) is 0 Å². The highest BCUT2D eigenvalue weighted by atomic mass is 35.5. The molecule has 0 fully saturated rings. The summed E-state index contributed by atoms with van der Waals surface area (Å²) in [4.78, 5) is 9.50. The van der Waals surface area contributed by atoms with Gasteiger partial charge in [-0.3, -0.25) is 0 Å². The molecule has 0 unspecified atom stereocenters. The van der Waals surface area contributed by atoms with Gasteiger partial charge in [-0.05, 0) is 0 Å². The molecule has 0 N–H and O–H groups in total. The first-order valence-electron chi connectivity index (χ1n) is 1.71. The lowest BCUT2D eigenvalue weighted by molar-refractivity contribution is -0.137. The molecular formula is C4H4ClO2. The molecule has 39 valence electrons. The second-order valence-corrected chi connectivity index (χ2v) is 1.18. The quantitative estimate of drug-likeness (QED) is 0.390. The molecule has 0 aromatic carbocycles. The van der Waals surface area contributed by atoms with Crippen molar-refractivity contribution >= 4 is 17.6 Å². The Labute approximate surface area is 46.4 Å². The van der Waals surface area contributed by atoms with E-state index in [0.717, 1.165) is 6.08 Å². The summed E-state index contributed by atoms with van der Waals surface area (Å²) in [6.45, 7) is 0. The third kappa shape index (κ3) is 5.50. The minimum atomic E-state index is -1.21. The van der Waals surface area contributed by atoms with Gasteiger partial charge in [-0.2, -0.15) is 0 Å². The van der Waals surface area contributed by atoms with E-state index < -0.39 is 5.97 Å². The number of rotatable bonds is 2. The molecule has 0 aromatic rings. The number of carbonyl (C=O) groups excluding carboxylic acids is 1. The summed E-state index contributed by atoms with van der Waals surface area (Å²) in [6, 6.07) is 0. The van der Waals surface area contributed by atoms with Gasteiger partial charge in [0.15, 0.2) is 0 Å². The number of hydrogen-bond donors (Lipinski definition) is 0. The van der Waals surface area contributed by atoms with Gasteiger partial charge in [0.1, 0.15) is 0 Å². The van der Waals surface area contributed by atoms with Gasteiger partial charge in [-0.15, -0.1) is 11.6 Å². The molecule has 0 aliphatic carbocycles. The number of hydrogen-bond acceptors (Lipinski definition) is 1. The maximum Gasteiger partial charge on any atom is 0.378 e. The van der Waals surface area contributed by atoms with Crippen molar-refractivity contribution in [3.8, 4) is 0 Å². The molecular weight excluding hydrogens is 115 g/mol. The first kappa shape index (κ1) is 6.50. The molecule has 2 nitrogen and oxygen atoms in total. The molecule has 0 saturated carbocycles. The Morgan fingerprint density at radius 1 is 1.71 bits per heavy atom. The molecule has 7 heavy (non-hydrogen) atoms. The lowest BCUT2D eigenvalue weighted by atomic mass is 10.5. The van der Waals surface area contributed by atoms with Crippen LogP contribution in [-0.2, 0) is 9.90 Å². The molecule has 0 atom stereocenters. The van der Waals surface area contributed by atoms with Crippen molar-refractivity contribution < 1.29 is 9.90 Å². The molecule has 0 aliphatic heterocycles. The summed E-state index contributed by atoms with van der Waals surface area (Å²) in [5.41, 5.74) is 0. The van der Waals surface area contributed by atoms with Crippen molar-refractivity contribution in [1.82, 2.24) is 0 Å². The second-order valence-electron chi connectivity index (χ2n) is 0.876. The molecule has 0 spiro atoms. The summed E-state index contributed by atoms with van der Waals surface area (Å²) >= 11 is 5.07. The Hall–Kier alpha value is -0.500. The zero-order valence-electron chi connectivity index (χ0n) is 3.56. The summed E-state index contributed by atoms with van der Waals surface area (Å²) in [6.07, 6.45) is 2.20. The predicted octanol–water partition coefficient (Wildman–Crippen LogP) is 0.738. The number of carbonyl (C=O) groups is 1. The molecule has 0 amide bonds. The number of alkyl halides is 1. The Morgan fingerprint density at radius 2 is 2.29 bits per heavy atom. The van der Waals surface area contributed by atoms with E-state index in [2.05, 4.69) is 0 Å². The fourth-order valence-corrected chi connectivity index (χ4v) is 0.230. The Kier molecular flexibility index (Phi) is 3.42. The molecule has 0 bridgehead atoms. The van der Waals surface area contributed by atoms with Crippen LogP contribution in [0.5, 0.6) is 0 Å². The average molecular weight is 120 g/mol. The summed E-state index contributed by atoms with van der Waals surface area (Å²) in [5, 5.41) is 9.50. The first-order chi connectivity index (χ1) is 3.27. The van der Waals surface area contributed by atoms with Gasteiger partial charge in [0.25, 0.3) is 0 Å². The van der Waals surface area contributed by atoms with Crippen molar-refractivity contribution in [2.24, 2.45) is 0 Å². The van der Waals surface area contributed by atoms with Crippen LogP contribution in [0.3, 0.4) is 0 Å². The Bertz CT molecular complexity index is 87.7.